The predicted octanol–water partition coefficient (Wildman–Crippen LogP) is 49.2. The van der Waals surface area contributed by atoms with Crippen LogP contribution in [0.4, 0.5) is 0 Å². The maximum atomic E-state index is 13.2. The molecular weight excluding hydrogens is 1720 g/mol. The monoisotopic (exact) mass is 1980 g/mol. The molecule has 6 nitrogen and oxygen atoms in total. The Balaban J connectivity index is 4.20. The molecule has 0 aromatic heterocycles. The van der Waals surface area contributed by atoms with E-state index in [2.05, 4.69) is 20.8 Å². The molecule has 0 aliphatic rings. The lowest BCUT2D eigenvalue weighted by Gasteiger charge is -2.18. The van der Waals surface area contributed by atoms with Crippen molar-refractivity contribution in [3.05, 3.63) is 0 Å². The lowest BCUT2D eigenvalue weighted by atomic mass is 10.0. The van der Waals surface area contributed by atoms with Gasteiger partial charge in [-0.25, -0.2) is 0 Å². The number of esters is 3. The molecule has 0 aromatic carbocycles. The van der Waals surface area contributed by atoms with E-state index < -0.39 is 6.10 Å². The van der Waals surface area contributed by atoms with Gasteiger partial charge >= 0.3 is 17.9 Å². The van der Waals surface area contributed by atoms with Crippen LogP contribution in [0.1, 0.15) is 830 Å². The molecule has 0 saturated carbocycles. The summed E-state index contributed by atoms with van der Waals surface area (Å²) in [5.41, 5.74) is 0. The molecule has 0 spiro atoms. The van der Waals surface area contributed by atoms with Crippen LogP contribution in [0.15, 0.2) is 0 Å². The molecule has 0 bridgehead atoms. The van der Waals surface area contributed by atoms with Gasteiger partial charge in [0.2, 0.25) is 0 Å². The minimum absolute atomic E-state index is 0.0584. The molecule has 0 heterocycles. The molecule has 0 radical (unpaired) electrons. The first-order valence-corrected chi connectivity index (χ1v) is 67.5. The van der Waals surface area contributed by atoms with Gasteiger partial charge in [-0.15, -0.1) is 0 Å². The Bertz CT molecular complexity index is 2130. The third-order valence-corrected chi connectivity index (χ3v) is 32.6. The summed E-state index contributed by atoms with van der Waals surface area (Å²) < 4.78 is 17.3. The van der Waals surface area contributed by atoms with E-state index in [1.54, 1.807) is 0 Å². The van der Waals surface area contributed by atoms with Crippen molar-refractivity contribution in [1.82, 2.24) is 0 Å². The van der Waals surface area contributed by atoms with Crippen LogP contribution in [0.2, 0.25) is 0 Å². The van der Waals surface area contributed by atoms with Crippen LogP contribution in [0, 0.1) is 0 Å². The van der Waals surface area contributed by atoms with E-state index in [4.69, 9.17) is 14.2 Å². The van der Waals surface area contributed by atoms with Gasteiger partial charge in [-0.3, -0.25) is 14.4 Å². The average molecular weight is 1990 g/mol. The fourth-order valence-corrected chi connectivity index (χ4v) is 22.6. The van der Waals surface area contributed by atoms with Gasteiger partial charge in [0.25, 0.3) is 0 Å². The highest BCUT2D eigenvalue weighted by atomic mass is 16.6. The highest BCUT2D eigenvalue weighted by Gasteiger charge is 2.20. The Morgan fingerprint density at radius 2 is 0.191 bits per heavy atom. The van der Waals surface area contributed by atoms with E-state index in [1.165, 1.54) is 732 Å². The van der Waals surface area contributed by atoms with E-state index in [9.17, 15) is 14.4 Å². The van der Waals surface area contributed by atoms with Crippen LogP contribution in [0.5, 0.6) is 0 Å². The molecule has 0 atom stereocenters. The molecule has 0 aromatic rings. The summed E-state index contributed by atoms with van der Waals surface area (Å²) >= 11 is 0. The van der Waals surface area contributed by atoms with Crippen LogP contribution in [0.3, 0.4) is 0 Å². The Hall–Kier alpha value is -1.59. The quantitative estimate of drug-likeness (QED) is 0.0343. The van der Waals surface area contributed by atoms with Crippen molar-refractivity contribution in [2.75, 3.05) is 13.2 Å². The molecule has 0 saturated heterocycles. The summed E-state index contributed by atoms with van der Waals surface area (Å²) in [7, 11) is 0. The molecule has 0 N–H and O–H groups in total. The number of unbranched alkanes of at least 4 members (excludes halogenated alkanes) is 120. The molecular formula is C135H266O6. The van der Waals surface area contributed by atoms with Gasteiger partial charge in [-0.1, -0.05) is 791 Å². The smallest absolute Gasteiger partial charge is 0.306 e. The first kappa shape index (κ1) is 139. The second-order valence-corrected chi connectivity index (χ2v) is 47.2. The molecule has 0 unspecified atom stereocenters. The van der Waals surface area contributed by atoms with Crippen molar-refractivity contribution in [3.8, 4) is 0 Å². The lowest BCUT2D eigenvalue weighted by Crippen LogP contribution is -2.30. The van der Waals surface area contributed by atoms with Gasteiger partial charge in [0.1, 0.15) is 13.2 Å². The average Bonchev–Trinajstić information content (AvgIpc) is 0.939. The van der Waals surface area contributed by atoms with Gasteiger partial charge < -0.3 is 14.2 Å². The Kier molecular flexibility index (Phi) is 129. The lowest BCUT2D eigenvalue weighted by molar-refractivity contribution is -0.167. The van der Waals surface area contributed by atoms with Crippen LogP contribution in [-0.2, 0) is 28.6 Å². The number of rotatable bonds is 131. The number of carbonyl (C=O) groups excluding carboxylic acids is 3. The normalized spacial score (nSPS) is 11.7. The number of hydrogen-bond donors (Lipinski definition) is 0. The zero-order valence-corrected chi connectivity index (χ0v) is 98.0. The minimum atomic E-state index is -0.771. The van der Waals surface area contributed by atoms with E-state index in [1.807, 2.05) is 0 Å². The van der Waals surface area contributed by atoms with Crippen molar-refractivity contribution in [2.24, 2.45) is 0 Å². The molecule has 0 aliphatic heterocycles. The van der Waals surface area contributed by atoms with Gasteiger partial charge in [0, 0.05) is 19.3 Å². The number of carbonyl (C=O) groups is 3. The van der Waals surface area contributed by atoms with E-state index in [-0.39, 0.29) is 31.1 Å². The van der Waals surface area contributed by atoms with Crippen molar-refractivity contribution < 1.29 is 28.6 Å². The van der Waals surface area contributed by atoms with Crippen molar-refractivity contribution >= 4 is 17.9 Å². The highest BCUT2D eigenvalue weighted by Crippen LogP contribution is 2.27. The summed E-state index contributed by atoms with van der Waals surface area (Å²) in [4.78, 5) is 39.3. The zero-order valence-electron chi connectivity index (χ0n) is 98.0. The molecule has 6 heteroatoms. The fraction of sp³-hybridized carbons (Fsp3) is 0.978. The van der Waals surface area contributed by atoms with E-state index >= 15 is 0 Å². The third-order valence-electron chi connectivity index (χ3n) is 32.6. The molecule has 141 heavy (non-hydrogen) atoms. The van der Waals surface area contributed by atoms with Crippen molar-refractivity contribution in [3.63, 3.8) is 0 Å². The van der Waals surface area contributed by atoms with Gasteiger partial charge in [0.15, 0.2) is 6.10 Å². The maximum absolute atomic E-state index is 13.2. The standard InChI is InChI=1S/C135H266O6/c1-4-7-10-13-16-19-22-25-28-31-34-37-40-43-46-49-52-55-58-61-64-67-70-73-76-79-82-85-88-91-94-97-100-103-106-109-112-115-118-121-124-127-133(136)139-130-132(141-135(138)129-126-123-120-117-114-111-108-105-102-99-96-93-90-87-84-81-78-75-72-69-66-63-60-57-54-51-48-45-42-39-36-33-30-27-24-21-18-15-12-9-6-3)131-140-134(137)128-125-122-119-116-113-110-107-104-101-98-95-92-89-86-83-80-77-74-71-68-65-62-59-56-53-50-47-44-41-38-35-32-29-26-23-20-17-14-11-8-5-2/h132H,4-131H2,1-3H3. The van der Waals surface area contributed by atoms with Crippen molar-refractivity contribution in [2.45, 2.75) is 836 Å². The van der Waals surface area contributed by atoms with E-state index in [0.717, 1.165) is 57.8 Å². The number of ether oxygens (including phenoxy) is 3. The Morgan fingerprint density at radius 3 is 0.284 bits per heavy atom. The largest absolute Gasteiger partial charge is 0.462 e. The molecule has 0 amide bonds. The zero-order chi connectivity index (χ0) is 101. The van der Waals surface area contributed by atoms with Crippen LogP contribution in [-0.4, -0.2) is 37.2 Å². The Morgan fingerprint density at radius 1 is 0.113 bits per heavy atom. The van der Waals surface area contributed by atoms with Gasteiger partial charge in [-0.05, 0) is 19.3 Å². The summed E-state index contributed by atoms with van der Waals surface area (Å²) in [5.74, 6) is -0.786. The molecule has 0 aliphatic carbocycles. The SMILES string of the molecule is CCCCCCCCCCCCCCCCCCCCCCCCCCCCCCCCCCCCCCCCCCCC(=O)OCC(COC(=O)CCCCCCCCCCCCCCCCCCCCCCCCCCCCCCCCCCCCCCCCCCC)OC(=O)CCCCCCCCCCCCCCCCCCCCCCCCCCCCCCCCCCCCCCCCCCC. The van der Waals surface area contributed by atoms with Crippen LogP contribution in [0.25, 0.3) is 0 Å². The highest BCUT2D eigenvalue weighted by molar-refractivity contribution is 5.71. The molecule has 0 fully saturated rings. The summed E-state index contributed by atoms with van der Waals surface area (Å²) in [5, 5.41) is 0. The second kappa shape index (κ2) is 131. The third kappa shape index (κ3) is 129. The molecule has 842 valence electrons. The van der Waals surface area contributed by atoms with Crippen LogP contribution < -0.4 is 0 Å². The van der Waals surface area contributed by atoms with Crippen molar-refractivity contribution in [1.29, 1.82) is 0 Å². The number of hydrogen-bond acceptors (Lipinski definition) is 6. The topological polar surface area (TPSA) is 78.9 Å². The maximum Gasteiger partial charge on any atom is 0.306 e. The molecule has 0 rings (SSSR count). The first-order valence-electron chi connectivity index (χ1n) is 67.5. The van der Waals surface area contributed by atoms with E-state index in [0.29, 0.717) is 19.3 Å². The van der Waals surface area contributed by atoms with Gasteiger partial charge in [-0.2, -0.15) is 0 Å². The minimum Gasteiger partial charge on any atom is -0.462 e. The van der Waals surface area contributed by atoms with Gasteiger partial charge in [0.05, 0.1) is 0 Å². The predicted molar refractivity (Wildman–Crippen MR) is 631 cm³/mol. The van der Waals surface area contributed by atoms with Crippen LogP contribution >= 0.6 is 0 Å². The first-order chi connectivity index (χ1) is 70.0. The fourth-order valence-electron chi connectivity index (χ4n) is 22.6. The summed E-state index contributed by atoms with van der Waals surface area (Å²) in [6.07, 6.45) is 173. The Labute approximate surface area is 889 Å². The summed E-state index contributed by atoms with van der Waals surface area (Å²) in [6, 6.07) is 0. The second-order valence-electron chi connectivity index (χ2n) is 47.2. The summed E-state index contributed by atoms with van der Waals surface area (Å²) in [6.45, 7) is 6.82.